The van der Waals surface area contributed by atoms with Crippen molar-refractivity contribution in [1.29, 1.82) is 0 Å². The van der Waals surface area contributed by atoms with E-state index in [1.165, 1.54) is 6.42 Å². The molecule has 0 bridgehead atoms. The predicted molar refractivity (Wildman–Crippen MR) is 135 cm³/mol. The molecule has 2 aromatic rings. The van der Waals surface area contributed by atoms with E-state index in [2.05, 4.69) is 5.32 Å². The number of hydrogen-bond acceptors (Lipinski definition) is 4. The van der Waals surface area contributed by atoms with Crippen molar-refractivity contribution in [3.05, 3.63) is 71.8 Å². The summed E-state index contributed by atoms with van der Waals surface area (Å²) in [6.07, 6.45) is 6.73. The van der Waals surface area contributed by atoms with Crippen molar-refractivity contribution in [2.45, 2.75) is 63.1 Å². The maximum Gasteiger partial charge on any atom is 0.254 e. The van der Waals surface area contributed by atoms with Crippen molar-refractivity contribution in [1.82, 2.24) is 15.1 Å². The smallest absolute Gasteiger partial charge is 0.254 e. The van der Waals surface area contributed by atoms with Crippen molar-refractivity contribution in [2.75, 3.05) is 13.1 Å². The second-order valence-corrected chi connectivity index (χ2v) is 10.2. The van der Waals surface area contributed by atoms with Crippen molar-refractivity contribution in [3.63, 3.8) is 0 Å². The number of likely N-dealkylation sites (tertiary alicyclic amines) is 2. The number of rotatable bonds is 6. The number of fused-ring (bicyclic) bond motifs is 1. The number of ketones is 1. The summed E-state index contributed by atoms with van der Waals surface area (Å²) in [5.74, 6) is -0.403. The van der Waals surface area contributed by atoms with Gasteiger partial charge < -0.3 is 15.1 Å². The number of nitrogens with zero attached hydrogens (tertiary/aromatic N) is 2. The molecule has 0 radical (unpaired) electrons. The molecule has 1 N–H and O–H groups in total. The first kappa shape index (κ1) is 24.2. The van der Waals surface area contributed by atoms with Crippen LogP contribution < -0.4 is 5.32 Å². The summed E-state index contributed by atoms with van der Waals surface area (Å²) in [6, 6.07) is 16.2. The van der Waals surface area contributed by atoms with Gasteiger partial charge in [0.15, 0.2) is 5.78 Å². The SMILES string of the molecule is O=C(NC(CC1CCCCC1)C(=O)N1CCC2[C@H]1C(=O)CN2C(=O)c1ccccc1)c1ccccc1. The summed E-state index contributed by atoms with van der Waals surface area (Å²) < 4.78 is 0. The monoisotopic (exact) mass is 487 g/mol. The van der Waals surface area contributed by atoms with Crippen LogP contribution in [0, 0.1) is 5.92 Å². The van der Waals surface area contributed by atoms with Crippen molar-refractivity contribution in [3.8, 4) is 0 Å². The standard InChI is InChI=1S/C29H33N3O4/c33-25-19-32(28(35)22-14-8-3-9-15-22)24-16-17-31(26(24)25)29(36)23(18-20-10-4-1-5-11-20)30-27(34)21-12-6-2-7-13-21/h2-3,6-9,12-15,20,23-24,26H,1,4-5,10-11,16-19H2,(H,30,34)/t23?,24?,26-/m0/s1. The van der Waals surface area contributed by atoms with Crippen molar-refractivity contribution >= 4 is 23.5 Å². The molecule has 3 atom stereocenters. The number of nitrogens with one attached hydrogen (secondary N) is 1. The Labute approximate surface area is 211 Å². The molecule has 1 saturated carbocycles. The van der Waals surface area contributed by atoms with Crippen LogP contribution in [-0.4, -0.2) is 64.5 Å². The van der Waals surface area contributed by atoms with Crippen LogP contribution in [0.15, 0.2) is 60.7 Å². The second kappa shape index (κ2) is 10.6. The zero-order chi connectivity index (χ0) is 25.1. The van der Waals surface area contributed by atoms with E-state index < -0.39 is 12.1 Å². The molecule has 3 aliphatic rings. The molecule has 2 aromatic carbocycles. The summed E-state index contributed by atoms with van der Waals surface area (Å²) in [7, 11) is 0. The maximum atomic E-state index is 13.9. The first-order valence-electron chi connectivity index (χ1n) is 13.1. The predicted octanol–water partition coefficient (Wildman–Crippen LogP) is 3.45. The number of carbonyl (C=O) groups is 4. The van der Waals surface area contributed by atoms with Crippen LogP contribution in [0.2, 0.25) is 0 Å². The highest BCUT2D eigenvalue weighted by atomic mass is 16.2. The van der Waals surface area contributed by atoms with Gasteiger partial charge in [0.25, 0.3) is 11.8 Å². The minimum atomic E-state index is -0.689. The van der Waals surface area contributed by atoms with Gasteiger partial charge >= 0.3 is 0 Å². The molecule has 3 amide bonds. The molecule has 2 unspecified atom stereocenters. The lowest BCUT2D eigenvalue weighted by atomic mass is 9.84. The largest absolute Gasteiger partial charge is 0.340 e. The maximum absolute atomic E-state index is 13.9. The average molecular weight is 488 g/mol. The Morgan fingerprint density at radius 2 is 1.47 bits per heavy atom. The van der Waals surface area contributed by atoms with Gasteiger partial charge in [0.05, 0.1) is 12.6 Å². The van der Waals surface area contributed by atoms with E-state index in [0.29, 0.717) is 36.4 Å². The van der Waals surface area contributed by atoms with E-state index in [4.69, 9.17) is 0 Å². The lowest BCUT2D eigenvalue weighted by Crippen LogP contribution is -2.53. The average Bonchev–Trinajstić information content (AvgIpc) is 3.50. The molecule has 1 aliphatic carbocycles. The number of amides is 3. The van der Waals surface area contributed by atoms with E-state index in [-0.39, 0.29) is 36.1 Å². The van der Waals surface area contributed by atoms with Crippen LogP contribution >= 0.6 is 0 Å². The van der Waals surface area contributed by atoms with Gasteiger partial charge in [-0.1, -0.05) is 68.5 Å². The van der Waals surface area contributed by atoms with Gasteiger partial charge in [-0.2, -0.15) is 0 Å². The molecule has 0 aromatic heterocycles. The Kier molecular flexibility index (Phi) is 7.16. The van der Waals surface area contributed by atoms with Crippen LogP contribution in [0.5, 0.6) is 0 Å². The van der Waals surface area contributed by atoms with E-state index in [1.54, 1.807) is 58.3 Å². The fraction of sp³-hybridized carbons (Fsp3) is 0.448. The summed E-state index contributed by atoms with van der Waals surface area (Å²) in [5.41, 5.74) is 1.05. The third-order valence-electron chi connectivity index (χ3n) is 7.92. The third-order valence-corrected chi connectivity index (χ3v) is 7.92. The molecular formula is C29H33N3O4. The normalized spacial score (nSPS) is 22.8. The molecule has 36 heavy (non-hydrogen) atoms. The van der Waals surface area contributed by atoms with Gasteiger partial charge in [0.2, 0.25) is 5.91 Å². The third kappa shape index (κ3) is 4.92. The number of Topliss-reactive ketones (excluding diaryl/α,β-unsaturated/α-hetero) is 1. The summed E-state index contributed by atoms with van der Waals surface area (Å²) in [6.45, 7) is 0.414. The van der Waals surface area contributed by atoms with E-state index in [9.17, 15) is 19.2 Å². The fourth-order valence-corrected chi connectivity index (χ4v) is 6.09. The molecule has 0 spiro atoms. The van der Waals surface area contributed by atoms with E-state index in [1.807, 2.05) is 12.1 Å². The Bertz CT molecular complexity index is 1110. The Morgan fingerprint density at radius 3 is 2.14 bits per heavy atom. The molecule has 188 valence electrons. The first-order chi connectivity index (χ1) is 17.5. The van der Waals surface area contributed by atoms with Gasteiger partial charge in [0.1, 0.15) is 12.1 Å². The molecule has 2 heterocycles. The van der Waals surface area contributed by atoms with Gasteiger partial charge in [-0.05, 0) is 43.0 Å². The molecular weight excluding hydrogens is 454 g/mol. The van der Waals surface area contributed by atoms with E-state index >= 15 is 0 Å². The summed E-state index contributed by atoms with van der Waals surface area (Å²) in [5, 5.41) is 2.99. The lowest BCUT2D eigenvalue weighted by molar-refractivity contribution is -0.138. The van der Waals surface area contributed by atoms with Crippen molar-refractivity contribution < 1.29 is 19.2 Å². The first-order valence-corrected chi connectivity index (χ1v) is 13.1. The quantitative estimate of drug-likeness (QED) is 0.676. The Hall–Kier alpha value is -3.48. The Morgan fingerprint density at radius 1 is 0.833 bits per heavy atom. The number of carbonyl (C=O) groups excluding carboxylic acids is 4. The lowest BCUT2D eigenvalue weighted by Gasteiger charge is -2.31. The summed E-state index contributed by atoms with van der Waals surface area (Å²) >= 11 is 0. The zero-order valence-electron chi connectivity index (χ0n) is 20.5. The minimum Gasteiger partial charge on any atom is -0.340 e. The van der Waals surface area contributed by atoms with Crippen molar-refractivity contribution in [2.24, 2.45) is 5.92 Å². The van der Waals surface area contributed by atoms with Crippen LogP contribution in [0.25, 0.3) is 0 Å². The zero-order valence-corrected chi connectivity index (χ0v) is 20.5. The highest BCUT2D eigenvalue weighted by molar-refractivity contribution is 6.03. The molecule has 2 saturated heterocycles. The highest BCUT2D eigenvalue weighted by Crippen LogP contribution is 2.33. The van der Waals surface area contributed by atoms with E-state index in [0.717, 1.165) is 25.7 Å². The van der Waals surface area contributed by atoms with Crippen LogP contribution in [0.3, 0.4) is 0 Å². The van der Waals surface area contributed by atoms with Crippen LogP contribution in [0.1, 0.15) is 65.7 Å². The second-order valence-electron chi connectivity index (χ2n) is 10.2. The van der Waals surface area contributed by atoms with Crippen LogP contribution in [-0.2, 0) is 9.59 Å². The number of benzene rings is 2. The van der Waals surface area contributed by atoms with Gasteiger partial charge in [-0.15, -0.1) is 0 Å². The fourth-order valence-electron chi connectivity index (χ4n) is 6.09. The highest BCUT2D eigenvalue weighted by Gasteiger charge is 2.52. The molecule has 7 heteroatoms. The minimum absolute atomic E-state index is 0.0104. The van der Waals surface area contributed by atoms with Gasteiger partial charge in [0, 0.05) is 17.7 Å². The molecule has 7 nitrogen and oxygen atoms in total. The molecule has 2 aliphatic heterocycles. The van der Waals surface area contributed by atoms with Gasteiger partial charge in [-0.25, -0.2) is 0 Å². The summed E-state index contributed by atoms with van der Waals surface area (Å²) in [4.78, 5) is 56.4. The van der Waals surface area contributed by atoms with Crippen LogP contribution in [0.4, 0.5) is 0 Å². The topological polar surface area (TPSA) is 86.8 Å². The number of hydrogen-bond donors (Lipinski definition) is 1. The molecule has 3 fully saturated rings. The van der Waals surface area contributed by atoms with Gasteiger partial charge in [-0.3, -0.25) is 19.2 Å². The Balaban J connectivity index is 1.34. The molecule has 5 rings (SSSR count).